The molecule has 20 nitrogen and oxygen atoms in total. The number of carbonyl (C=O) groups excluding carboxylic acids is 5. The van der Waals surface area contributed by atoms with Crippen LogP contribution < -0.4 is 58.2 Å². The van der Waals surface area contributed by atoms with Gasteiger partial charge in [0, 0.05) is 47.5 Å². The molecule has 0 heterocycles. The third-order valence-electron chi connectivity index (χ3n) is 12.5. The lowest BCUT2D eigenvalue weighted by molar-refractivity contribution is -0.139. The van der Waals surface area contributed by atoms with E-state index in [0.29, 0.717) is 45.6 Å². The van der Waals surface area contributed by atoms with Crippen molar-refractivity contribution in [3.05, 3.63) is 205 Å². The summed E-state index contributed by atoms with van der Waals surface area (Å²) in [4.78, 5) is 82.7. The number of carboxylic acid groups (broad SMARTS) is 2. The third-order valence-corrected chi connectivity index (χ3v) is 13.4. The molecule has 28 heteroatoms. The molecule has 2 unspecified atom stereocenters. The maximum atomic E-state index is 13.5. The van der Waals surface area contributed by atoms with Crippen LogP contribution in [0, 0.1) is 29.1 Å². The summed E-state index contributed by atoms with van der Waals surface area (Å²) in [6.45, 7) is 11.0. The lowest BCUT2D eigenvalue weighted by Gasteiger charge is -2.18. The maximum absolute atomic E-state index is 13.5. The van der Waals surface area contributed by atoms with Gasteiger partial charge in [0.05, 0.1) is 45.0 Å². The van der Waals surface area contributed by atoms with Crippen LogP contribution in [0.15, 0.2) is 127 Å². The average molecular weight is 1390 g/mol. The molecule has 0 bridgehead atoms. The number of rotatable bonds is 24. The molecule has 0 aliphatic heterocycles. The molecule has 3 amide bonds. The van der Waals surface area contributed by atoms with Gasteiger partial charge in [0.2, 0.25) is 40.7 Å². The second-order valence-corrected chi connectivity index (χ2v) is 22.6. The first kappa shape index (κ1) is 79.5. The van der Waals surface area contributed by atoms with E-state index in [-0.39, 0.29) is 84.1 Å². The molecule has 0 aromatic heterocycles. The second kappa shape index (κ2) is 37.9. The smallest absolute Gasteiger partial charge is 0.343 e. The Balaban J connectivity index is 0.000000339. The number of ketones is 1. The maximum Gasteiger partial charge on any atom is 0.343 e. The van der Waals surface area contributed by atoms with Crippen molar-refractivity contribution < 1.29 is 84.7 Å². The van der Waals surface area contributed by atoms with E-state index < -0.39 is 88.6 Å². The van der Waals surface area contributed by atoms with E-state index in [4.69, 9.17) is 82.8 Å². The number of carboxylic acids is 2. The number of benzene rings is 7. The number of nitrogen functional groups attached to an aromatic ring is 3. The van der Waals surface area contributed by atoms with Gasteiger partial charge in [0.25, 0.3) is 11.8 Å². The molecule has 510 valence electrons. The molecule has 0 fully saturated rings. The Kier molecular flexibility index (Phi) is 31.7. The fraction of sp³-hybridized carbons (Fsp3) is 0.269. The van der Waals surface area contributed by atoms with Gasteiger partial charge in [0.1, 0.15) is 29.3 Å². The van der Waals surface area contributed by atoms with E-state index in [1.54, 1.807) is 111 Å². The number of nitrogens with one attached hydrogen (secondary N) is 2. The molecule has 7 aromatic rings. The number of Topliss-reactive ketones (excluding diaryl/α,β-unsaturated/α-hetero) is 1. The Bertz CT molecular complexity index is 3770. The van der Waals surface area contributed by atoms with E-state index in [0.717, 1.165) is 28.8 Å². The predicted molar refractivity (Wildman–Crippen MR) is 352 cm³/mol. The van der Waals surface area contributed by atoms with Crippen molar-refractivity contribution in [1.82, 2.24) is 10.6 Å². The van der Waals surface area contributed by atoms with Crippen molar-refractivity contribution in [2.75, 3.05) is 17.2 Å². The largest absolute Gasteiger partial charge is 0.489 e. The summed E-state index contributed by atoms with van der Waals surface area (Å²) in [6, 6.07) is 30.9. The topological polar surface area (TPSA) is 351 Å². The van der Waals surface area contributed by atoms with Crippen molar-refractivity contribution in [2.24, 2.45) is 11.5 Å². The van der Waals surface area contributed by atoms with Crippen molar-refractivity contribution >= 4 is 93.3 Å². The van der Waals surface area contributed by atoms with Gasteiger partial charge in [-0.2, -0.15) is 8.78 Å². The van der Waals surface area contributed by atoms with E-state index in [9.17, 15) is 60.6 Å². The van der Waals surface area contributed by atoms with Crippen LogP contribution in [-0.2, 0) is 38.4 Å². The Morgan fingerprint density at radius 2 is 0.789 bits per heavy atom. The quantitative estimate of drug-likeness (QED) is 0.00678. The Hall–Kier alpha value is -9.69. The van der Waals surface area contributed by atoms with Crippen LogP contribution in [0.5, 0.6) is 23.0 Å². The van der Waals surface area contributed by atoms with Crippen LogP contribution in [0.2, 0.25) is 15.1 Å². The fourth-order valence-corrected chi connectivity index (χ4v) is 8.58. The minimum absolute atomic E-state index is 0. The highest BCUT2D eigenvalue weighted by molar-refractivity contribution is 6.33. The average Bonchev–Trinajstić information content (AvgIpc) is 0.804. The number of hydrogen-bond acceptors (Lipinski definition) is 15. The first-order valence-electron chi connectivity index (χ1n) is 28.4. The van der Waals surface area contributed by atoms with Crippen LogP contribution >= 0.6 is 34.8 Å². The molecule has 0 saturated carbocycles. The summed E-state index contributed by atoms with van der Waals surface area (Å²) < 4.78 is 87.0. The molecule has 7 aromatic carbocycles. The molecule has 0 aliphatic rings. The van der Waals surface area contributed by atoms with Gasteiger partial charge in [0.15, 0.2) is 5.78 Å². The molecule has 95 heavy (non-hydrogen) atoms. The highest BCUT2D eigenvalue weighted by Crippen LogP contribution is 2.32. The molecule has 3 atom stereocenters. The van der Waals surface area contributed by atoms with Crippen LogP contribution in [0.1, 0.15) is 110 Å². The Morgan fingerprint density at radius 1 is 0.463 bits per heavy atom. The normalized spacial score (nSPS) is 11.5. The summed E-state index contributed by atoms with van der Waals surface area (Å²) >= 11 is 18.2. The van der Waals surface area contributed by atoms with E-state index in [1.165, 1.54) is 18.2 Å². The lowest BCUT2D eigenvalue weighted by atomic mass is 9.98. The summed E-state index contributed by atoms with van der Waals surface area (Å²) in [5.74, 6) is -17.1. The highest BCUT2D eigenvalue weighted by Gasteiger charge is 2.30. The molecule has 14 N–H and O–H groups in total. The van der Waals surface area contributed by atoms with Crippen molar-refractivity contribution in [1.29, 1.82) is 0 Å². The monoisotopic (exact) mass is 1380 g/mol. The predicted octanol–water partition coefficient (Wildman–Crippen LogP) is 11.9. The van der Waals surface area contributed by atoms with Gasteiger partial charge in [-0.05, 0) is 162 Å². The summed E-state index contributed by atoms with van der Waals surface area (Å²) in [6.07, 6.45) is 0.268. The van der Waals surface area contributed by atoms with Gasteiger partial charge in [-0.15, -0.1) is 0 Å². The Morgan fingerprint density at radius 3 is 1.13 bits per heavy atom. The third kappa shape index (κ3) is 26.0. The van der Waals surface area contributed by atoms with Crippen LogP contribution in [-0.4, -0.2) is 88.1 Å². The van der Waals surface area contributed by atoms with Gasteiger partial charge >= 0.3 is 17.9 Å². The van der Waals surface area contributed by atoms with Gasteiger partial charge in [-0.1, -0.05) is 78.6 Å². The zero-order chi connectivity index (χ0) is 70.3. The van der Waals surface area contributed by atoms with E-state index in [2.05, 4.69) is 15.4 Å². The van der Waals surface area contributed by atoms with Crippen molar-refractivity contribution in [2.45, 2.75) is 118 Å². The van der Waals surface area contributed by atoms with Gasteiger partial charge in [-0.3, -0.25) is 24.0 Å². The van der Waals surface area contributed by atoms with Gasteiger partial charge < -0.3 is 68.5 Å². The van der Waals surface area contributed by atoms with Crippen molar-refractivity contribution in [3.63, 3.8) is 0 Å². The zero-order valence-electron chi connectivity index (χ0n) is 51.4. The van der Waals surface area contributed by atoms with E-state index in [1.807, 2.05) is 27.7 Å². The number of nitrogens with two attached hydrogens (primary N) is 5. The minimum Gasteiger partial charge on any atom is -0.489 e. The Labute approximate surface area is 560 Å². The number of aliphatic carboxylic acids is 2. The number of esters is 1. The number of hydrogen-bond donors (Lipinski definition) is 9. The first-order valence-corrected chi connectivity index (χ1v) is 29.6. The standard InChI is InChI=1S/C22H26ClN3O4.C19H21ClN2O4.C16H10ClF5O3.C9H12N2O2.CH4/c1-13(2)30-20-9-5-15(12-17(20)23)22(29)26-18(19(27)8-10-21(25)28)11-14-3-6-16(24)7-4-14;1-11(2)26-17-8-5-13(10-15(17)20)18(23)22-16(19(24)25)9-12-3-6-14(21)7-4-12;1-6(2)24-9-4-3-7(5-8(9)17)16(23)25-15-13(21)11(19)10(18)12(20)14(15)22;10-7-3-1-6(2-4-7)5-8(11)9(12)13;/h3-7,9,12-13,18H,8,10-11,24H2,1-2H3,(H2,25,28)(H,26,29);3-8,10-11,16H,9,21H2,1-2H3,(H,22,23)(H,24,25);3-6H,1-2H3;1-4,8H,5,10-11H2,(H,12,13);1H4/t;;;8-;/m...0./s1. The number of ether oxygens (including phenoxy) is 4. The summed E-state index contributed by atoms with van der Waals surface area (Å²) in [7, 11) is 0. The summed E-state index contributed by atoms with van der Waals surface area (Å²) in [5.41, 5.74) is 31.9. The molecular formula is C67H73Cl3F5N7O13. The van der Waals surface area contributed by atoms with Crippen LogP contribution in [0.25, 0.3) is 0 Å². The highest BCUT2D eigenvalue weighted by atomic mass is 35.5. The fourth-order valence-electron chi connectivity index (χ4n) is 7.91. The van der Waals surface area contributed by atoms with Crippen LogP contribution in [0.4, 0.5) is 39.0 Å². The first-order chi connectivity index (χ1) is 44.1. The summed E-state index contributed by atoms with van der Waals surface area (Å²) in [5, 5.41) is 23.8. The van der Waals surface area contributed by atoms with Crippen LogP contribution in [0.3, 0.4) is 0 Å². The van der Waals surface area contributed by atoms with E-state index >= 15 is 0 Å². The minimum atomic E-state index is -2.35. The number of halogens is 8. The molecule has 0 aliphatic carbocycles. The van der Waals surface area contributed by atoms with Crippen molar-refractivity contribution in [3.8, 4) is 23.0 Å². The zero-order valence-corrected chi connectivity index (χ0v) is 53.7. The number of primary amides is 1. The molecule has 0 saturated heterocycles. The molecular weight excluding hydrogens is 1310 g/mol. The SMILES string of the molecule is C.CC(C)Oc1ccc(C(=O)NC(Cc2ccc(N)cc2)C(=O)CCC(N)=O)cc1Cl.CC(C)Oc1ccc(C(=O)NC(Cc2ccc(N)cc2)C(=O)O)cc1Cl.CC(C)Oc1ccc(C(=O)Oc2c(F)c(F)c(F)c(F)c2F)cc1Cl.Nc1ccc(C[C@H](N)C(=O)O)cc1. The number of amides is 3. The molecule has 0 radical (unpaired) electrons. The molecule has 7 rings (SSSR count). The number of carbonyl (C=O) groups is 7. The van der Waals surface area contributed by atoms with Gasteiger partial charge in [-0.25, -0.2) is 22.8 Å². The number of anilines is 3. The lowest BCUT2D eigenvalue weighted by Crippen LogP contribution is -2.42. The second-order valence-electron chi connectivity index (χ2n) is 21.3. The molecule has 0 spiro atoms.